The summed E-state index contributed by atoms with van der Waals surface area (Å²) >= 11 is 3.37. The van der Waals surface area contributed by atoms with Crippen LogP contribution in [0, 0.1) is 5.92 Å². The van der Waals surface area contributed by atoms with Gasteiger partial charge >= 0.3 is 0 Å². The van der Waals surface area contributed by atoms with Crippen LogP contribution in [0.2, 0.25) is 0 Å². The molecule has 2 rings (SSSR count). The summed E-state index contributed by atoms with van der Waals surface area (Å²) in [5.74, 6) is 0.401. The third-order valence-electron chi connectivity index (χ3n) is 3.64. The van der Waals surface area contributed by atoms with Crippen LogP contribution in [0.1, 0.15) is 36.2 Å². The highest BCUT2D eigenvalue weighted by molar-refractivity contribution is 9.10. The zero-order chi connectivity index (χ0) is 13.1. The summed E-state index contributed by atoms with van der Waals surface area (Å²) in [5.41, 5.74) is 0.672. The number of amides is 1. The smallest absolute Gasteiger partial charge is 0.268 e. The minimum absolute atomic E-state index is 0.0179. The number of carbonyl (C=O) groups is 1. The van der Waals surface area contributed by atoms with Crippen molar-refractivity contribution in [2.45, 2.75) is 31.7 Å². The predicted octanol–water partition coefficient (Wildman–Crippen LogP) is 2.07. The average molecular weight is 315 g/mol. The fourth-order valence-electron chi connectivity index (χ4n) is 2.50. The molecule has 18 heavy (non-hydrogen) atoms. The van der Waals surface area contributed by atoms with Gasteiger partial charge in [0, 0.05) is 30.4 Å². The van der Waals surface area contributed by atoms with Crippen molar-refractivity contribution in [3.63, 3.8) is 0 Å². The van der Waals surface area contributed by atoms with Gasteiger partial charge in [0.05, 0.1) is 0 Å². The molecule has 0 aromatic carbocycles. The summed E-state index contributed by atoms with van der Waals surface area (Å²) < 4.78 is 2.73. The Morgan fingerprint density at radius 2 is 2.17 bits per heavy atom. The van der Waals surface area contributed by atoms with Gasteiger partial charge in [-0.05, 0) is 53.6 Å². The Morgan fingerprint density at radius 1 is 1.50 bits per heavy atom. The van der Waals surface area contributed by atoms with Crippen LogP contribution in [0.4, 0.5) is 0 Å². The van der Waals surface area contributed by atoms with Gasteiger partial charge in [0.15, 0.2) is 0 Å². The van der Waals surface area contributed by atoms with Crippen LogP contribution in [-0.2, 0) is 7.05 Å². The van der Waals surface area contributed by atoms with Crippen LogP contribution >= 0.6 is 15.9 Å². The molecule has 0 aliphatic heterocycles. The number of halogens is 1. The minimum Gasteiger partial charge on any atom is -0.396 e. The second-order valence-corrected chi connectivity index (χ2v) is 5.94. The van der Waals surface area contributed by atoms with Crippen molar-refractivity contribution in [1.29, 1.82) is 0 Å². The van der Waals surface area contributed by atoms with E-state index in [9.17, 15) is 4.79 Å². The Morgan fingerprint density at radius 3 is 2.67 bits per heavy atom. The number of hydrogen-bond donors (Lipinski definition) is 2. The van der Waals surface area contributed by atoms with Crippen LogP contribution in [0.25, 0.3) is 0 Å². The second kappa shape index (κ2) is 5.89. The van der Waals surface area contributed by atoms with Gasteiger partial charge in [-0.1, -0.05) is 0 Å². The van der Waals surface area contributed by atoms with Gasteiger partial charge in [0.25, 0.3) is 5.91 Å². The van der Waals surface area contributed by atoms with Crippen LogP contribution in [0.3, 0.4) is 0 Å². The molecule has 1 saturated carbocycles. The van der Waals surface area contributed by atoms with Gasteiger partial charge in [-0.25, -0.2) is 0 Å². The highest BCUT2D eigenvalue weighted by atomic mass is 79.9. The lowest BCUT2D eigenvalue weighted by Crippen LogP contribution is -2.38. The number of aromatic nitrogens is 1. The number of hydrogen-bond acceptors (Lipinski definition) is 2. The molecule has 1 aliphatic carbocycles. The van der Waals surface area contributed by atoms with Crippen LogP contribution in [-0.4, -0.2) is 28.2 Å². The molecule has 0 atom stereocenters. The molecule has 1 aliphatic rings. The van der Waals surface area contributed by atoms with Gasteiger partial charge in [-0.3, -0.25) is 4.79 Å². The summed E-state index contributed by atoms with van der Waals surface area (Å²) in [4.78, 5) is 12.1. The maximum atomic E-state index is 12.1. The fourth-order valence-corrected chi connectivity index (χ4v) is 3.02. The summed E-state index contributed by atoms with van der Waals surface area (Å²) in [6, 6.07) is 2.07. The van der Waals surface area contributed by atoms with E-state index in [1.165, 1.54) is 0 Å². The van der Waals surface area contributed by atoms with E-state index in [0.717, 1.165) is 30.2 Å². The van der Waals surface area contributed by atoms with Crippen LogP contribution < -0.4 is 5.32 Å². The number of aliphatic hydroxyl groups is 1. The Bertz CT molecular complexity index is 423. The Kier molecular flexibility index (Phi) is 4.45. The largest absolute Gasteiger partial charge is 0.396 e. The molecule has 4 nitrogen and oxygen atoms in total. The summed E-state index contributed by atoms with van der Waals surface area (Å²) in [5, 5.41) is 12.2. The fraction of sp³-hybridized carbons (Fsp3) is 0.615. The van der Waals surface area contributed by atoms with Crippen molar-refractivity contribution in [2.75, 3.05) is 6.61 Å². The van der Waals surface area contributed by atoms with Gasteiger partial charge in [0.2, 0.25) is 0 Å². The molecule has 2 N–H and O–H groups in total. The SMILES string of the molecule is Cn1cc(Br)cc1C(=O)NC1CCC(CO)CC1. The van der Waals surface area contributed by atoms with Crippen LogP contribution in [0.5, 0.6) is 0 Å². The number of rotatable bonds is 3. The van der Waals surface area contributed by atoms with Crippen LogP contribution in [0.15, 0.2) is 16.7 Å². The maximum Gasteiger partial charge on any atom is 0.268 e. The van der Waals surface area contributed by atoms with Gasteiger partial charge < -0.3 is 15.0 Å². The first-order valence-electron chi connectivity index (χ1n) is 6.33. The Balaban J connectivity index is 1.90. The third kappa shape index (κ3) is 3.14. The van der Waals surface area contributed by atoms with Crippen molar-refractivity contribution in [3.05, 3.63) is 22.4 Å². The minimum atomic E-state index is -0.0179. The molecule has 1 heterocycles. The normalized spacial score (nSPS) is 23.9. The first-order valence-corrected chi connectivity index (χ1v) is 7.13. The second-order valence-electron chi connectivity index (χ2n) is 5.03. The number of nitrogens with zero attached hydrogens (tertiary/aromatic N) is 1. The molecule has 1 aromatic heterocycles. The number of aryl methyl sites for hydroxylation is 1. The highest BCUT2D eigenvalue weighted by Gasteiger charge is 2.23. The monoisotopic (exact) mass is 314 g/mol. The standard InChI is InChI=1S/C13H19BrN2O2/c1-16-7-10(14)6-12(16)13(18)15-11-4-2-9(8-17)3-5-11/h6-7,9,11,17H,2-5,8H2,1H3,(H,15,18). The van der Waals surface area contributed by atoms with Gasteiger partial charge in [-0.2, -0.15) is 0 Å². The Hall–Kier alpha value is -0.810. The molecule has 0 bridgehead atoms. The first-order chi connectivity index (χ1) is 8.60. The molecule has 0 unspecified atom stereocenters. The zero-order valence-corrected chi connectivity index (χ0v) is 12.1. The van der Waals surface area contributed by atoms with E-state index in [0.29, 0.717) is 11.6 Å². The molecule has 1 fully saturated rings. The topological polar surface area (TPSA) is 54.3 Å². The van der Waals surface area contributed by atoms with Gasteiger partial charge in [-0.15, -0.1) is 0 Å². The van der Waals surface area contributed by atoms with E-state index in [1.807, 2.05) is 23.9 Å². The molecule has 0 radical (unpaired) electrons. The quantitative estimate of drug-likeness (QED) is 0.897. The van der Waals surface area contributed by atoms with E-state index in [1.54, 1.807) is 0 Å². The lowest BCUT2D eigenvalue weighted by Gasteiger charge is -2.27. The molecular formula is C13H19BrN2O2. The van der Waals surface area contributed by atoms with E-state index in [2.05, 4.69) is 21.2 Å². The number of aliphatic hydroxyl groups excluding tert-OH is 1. The van der Waals surface area contributed by atoms with Crippen molar-refractivity contribution in [3.8, 4) is 0 Å². The predicted molar refractivity (Wildman–Crippen MR) is 73.4 cm³/mol. The average Bonchev–Trinajstić information content (AvgIpc) is 2.69. The molecule has 0 spiro atoms. The summed E-state index contributed by atoms with van der Waals surface area (Å²) in [7, 11) is 1.86. The zero-order valence-electron chi connectivity index (χ0n) is 10.5. The molecule has 1 aromatic rings. The molecule has 1 amide bonds. The van der Waals surface area contributed by atoms with Crippen molar-refractivity contribution >= 4 is 21.8 Å². The molecule has 5 heteroatoms. The maximum absolute atomic E-state index is 12.1. The van der Waals surface area contributed by atoms with E-state index in [4.69, 9.17) is 5.11 Å². The number of carbonyl (C=O) groups excluding carboxylic acids is 1. The lowest BCUT2D eigenvalue weighted by molar-refractivity contribution is 0.0906. The molecular weight excluding hydrogens is 296 g/mol. The molecule has 100 valence electrons. The number of nitrogens with one attached hydrogen (secondary N) is 1. The third-order valence-corrected chi connectivity index (χ3v) is 4.08. The Labute approximate surface area is 116 Å². The summed E-state index contributed by atoms with van der Waals surface area (Å²) in [6.07, 6.45) is 5.79. The van der Waals surface area contributed by atoms with E-state index in [-0.39, 0.29) is 18.6 Å². The lowest BCUT2D eigenvalue weighted by atomic mass is 9.86. The summed E-state index contributed by atoms with van der Waals surface area (Å²) in [6.45, 7) is 0.269. The van der Waals surface area contributed by atoms with E-state index >= 15 is 0 Å². The van der Waals surface area contributed by atoms with E-state index < -0.39 is 0 Å². The van der Waals surface area contributed by atoms with Crippen molar-refractivity contribution < 1.29 is 9.90 Å². The molecule has 0 saturated heterocycles. The van der Waals surface area contributed by atoms with Gasteiger partial charge in [0.1, 0.15) is 5.69 Å². The first kappa shape index (κ1) is 13.6. The highest BCUT2D eigenvalue weighted by Crippen LogP contribution is 2.24. The van der Waals surface area contributed by atoms with Crippen molar-refractivity contribution in [2.24, 2.45) is 13.0 Å². The van der Waals surface area contributed by atoms with Crippen molar-refractivity contribution in [1.82, 2.24) is 9.88 Å².